The second-order valence-electron chi connectivity index (χ2n) is 8.14. The Labute approximate surface area is 192 Å². The first-order valence-electron chi connectivity index (χ1n) is 10.3. The minimum atomic E-state index is -0.916. The minimum absolute atomic E-state index is 0.647. The SMILES string of the molecule is CN(C)c1nc(-c2ccccc2)c(Oc2ccnc(Nc3cccc(C(C)(C)O)c3)c2)s1. The molecular formula is C25H26N4O2S. The molecule has 0 saturated heterocycles. The fourth-order valence-corrected chi connectivity index (χ4v) is 3.99. The lowest BCUT2D eigenvalue weighted by Gasteiger charge is -2.18. The fraction of sp³-hybridized carbons (Fsp3) is 0.200. The van der Waals surface area contributed by atoms with Gasteiger partial charge in [-0.05, 0) is 37.6 Å². The van der Waals surface area contributed by atoms with E-state index in [9.17, 15) is 5.11 Å². The molecule has 0 aliphatic carbocycles. The van der Waals surface area contributed by atoms with Crippen LogP contribution in [0.1, 0.15) is 19.4 Å². The van der Waals surface area contributed by atoms with Crippen molar-refractivity contribution in [1.29, 1.82) is 0 Å². The van der Waals surface area contributed by atoms with E-state index in [1.54, 1.807) is 20.0 Å². The third kappa shape index (κ3) is 5.07. The molecule has 7 heteroatoms. The molecule has 2 N–H and O–H groups in total. The summed E-state index contributed by atoms with van der Waals surface area (Å²) in [6.45, 7) is 3.53. The number of hydrogen-bond acceptors (Lipinski definition) is 7. The number of aliphatic hydroxyl groups is 1. The van der Waals surface area contributed by atoms with E-state index in [-0.39, 0.29) is 0 Å². The van der Waals surface area contributed by atoms with Crippen LogP contribution >= 0.6 is 11.3 Å². The number of rotatable bonds is 7. The Morgan fingerprint density at radius 1 is 1.00 bits per heavy atom. The second kappa shape index (κ2) is 8.98. The monoisotopic (exact) mass is 446 g/mol. The number of nitrogens with zero attached hydrogens (tertiary/aromatic N) is 3. The van der Waals surface area contributed by atoms with E-state index in [1.165, 1.54) is 11.3 Å². The molecule has 0 fully saturated rings. The van der Waals surface area contributed by atoms with Gasteiger partial charge in [0.2, 0.25) is 5.06 Å². The molecule has 0 aliphatic rings. The Morgan fingerprint density at radius 2 is 1.78 bits per heavy atom. The van der Waals surface area contributed by atoms with Gasteiger partial charge in [0.25, 0.3) is 0 Å². The summed E-state index contributed by atoms with van der Waals surface area (Å²) in [7, 11) is 3.93. The van der Waals surface area contributed by atoms with Crippen molar-refractivity contribution in [3.8, 4) is 22.1 Å². The molecule has 0 saturated carbocycles. The van der Waals surface area contributed by atoms with Crippen LogP contribution in [0.2, 0.25) is 0 Å². The molecule has 4 aromatic rings. The van der Waals surface area contributed by atoms with Crippen molar-refractivity contribution in [3.63, 3.8) is 0 Å². The summed E-state index contributed by atoms with van der Waals surface area (Å²) in [5, 5.41) is 15.2. The van der Waals surface area contributed by atoms with Crippen LogP contribution in [0.4, 0.5) is 16.6 Å². The van der Waals surface area contributed by atoms with Crippen LogP contribution in [0, 0.1) is 0 Å². The molecule has 0 unspecified atom stereocenters. The minimum Gasteiger partial charge on any atom is -0.444 e. The molecule has 0 bridgehead atoms. The highest BCUT2D eigenvalue weighted by molar-refractivity contribution is 7.17. The predicted molar refractivity (Wildman–Crippen MR) is 131 cm³/mol. The molecule has 0 radical (unpaired) electrons. The highest BCUT2D eigenvalue weighted by Gasteiger charge is 2.18. The van der Waals surface area contributed by atoms with Gasteiger partial charge in [-0.1, -0.05) is 53.8 Å². The summed E-state index contributed by atoms with van der Waals surface area (Å²) in [6, 6.07) is 21.3. The molecule has 0 spiro atoms. The molecule has 0 amide bonds. The zero-order chi connectivity index (χ0) is 22.7. The maximum Gasteiger partial charge on any atom is 0.210 e. The van der Waals surface area contributed by atoms with Crippen molar-refractivity contribution in [2.75, 3.05) is 24.3 Å². The van der Waals surface area contributed by atoms with Crippen LogP contribution in [-0.2, 0) is 5.60 Å². The summed E-state index contributed by atoms with van der Waals surface area (Å²) in [6.07, 6.45) is 1.70. The van der Waals surface area contributed by atoms with E-state index in [0.29, 0.717) is 11.6 Å². The zero-order valence-corrected chi connectivity index (χ0v) is 19.4. The molecule has 2 heterocycles. The molecule has 2 aromatic carbocycles. The number of hydrogen-bond donors (Lipinski definition) is 2. The van der Waals surface area contributed by atoms with Crippen LogP contribution in [0.3, 0.4) is 0 Å². The molecule has 32 heavy (non-hydrogen) atoms. The number of anilines is 3. The third-order valence-corrected chi connectivity index (χ3v) is 5.90. The van der Waals surface area contributed by atoms with E-state index < -0.39 is 5.60 Å². The first-order chi connectivity index (χ1) is 15.3. The number of benzene rings is 2. The van der Waals surface area contributed by atoms with Gasteiger partial charge in [-0.3, -0.25) is 0 Å². The first-order valence-corrected chi connectivity index (χ1v) is 11.1. The molecule has 6 nitrogen and oxygen atoms in total. The van der Waals surface area contributed by atoms with Crippen molar-refractivity contribution >= 4 is 28.0 Å². The molecule has 4 rings (SSSR count). The Bertz CT molecular complexity index is 1200. The van der Waals surface area contributed by atoms with Gasteiger partial charge in [0.1, 0.15) is 17.3 Å². The highest BCUT2D eigenvalue weighted by atomic mass is 32.1. The van der Waals surface area contributed by atoms with E-state index in [1.807, 2.05) is 85.7 Å². The van der Waals surface area contributed by atoms with Crippen LogP contribution in [0.15, 0.2) is 72.9 Å². The van der Waals surface area contributed by atoms with Crippen LogP contribution < -0.4 is 15.0 Å². The topological polar surface area (TPSA) is 70.5 Å². The van der Waals surface area contributed by atoms with Gasteiger partial charge in [-0.25, -0.2) is 9.97 Å². The summed E-state index contributed by atoms with van der Waals surface area (Å²) >= 11 is 1.50. The van der Waals surface area contributed by atoms with Crippen molar-refractivity contribution in [2.24, 2.45) is 0 Å². The van der Waals surface area contributed by atoms with Crippen molar-refractivity contribution in [1.82, 2.24) is 9.97 Å². The number of ether oxygens (including phenoxy) is 1. The molecule has 0 aliphatic heterocycles. The normalized spacial score (nSPS) is 11.3. The average Bonchev–Trinajstić information content (AvgIpc) is 3.18. The largest absolute Gasteiger partial charge is 0.444 e. The maximum atomic E-state index is 10.3. The van der Waals surface area contributed by atoms with Gasteiger partial charge in [-0.2, -0.15) is 0 Å². The smallest absolute Gasteiger partial charge is 0.210 e. The Kier molecular flexibility index (Phi) is 6.12. The lowest BCUT2D eigenvalue weighted by molar-refractivity contribution is 0.0786. The molecular weight excluding hydrogens is 420 g/mol. The van der Waals surface area contributed by atoms with Gasteiger partial charge < -0.3 is 20.1 Å². The number of aromatic nitrogens is 2. The Hall–Kier alpha value is -3.42. The second-order valence-corrected chi connectivity index (χ2v) is 9.08. The van der Waals surface area contributed by atoms with Gasteiger partial charge in [0.05, 0.1) is 5.60 Å². The fourth-order valence-electron chi connectivity index (χ4n) is 3.11. The summed E-state index contributed by atoms with van der Waals surface area (Å²) in [4.78, 5) is 11.1. The van der Waals surface area contributed by atoms with Crippen LogP contribution in [-0.4, -0.2) is 29.2 Å². The van der Waals surface area contributed by atoms with Crippen molar-refractivity contribution in [2.45, 2.75) is 19.4 Å². The lowest BCUT2D eigenvalue weighted by Crippen LogP contribution is -2.15. The third-order valence-electron chi connectivity index (χ3n) is 4.80. The average molecular weight is 447 g/mol. The van der Waals surface area contributed by atoms with Crippen LogP contribution in [0.5, 0.6) is 10.8 Å². The summed E-state index contributed by atoms with van der Waals surface area (Å²) < 4.78 is 6.26. The van der Waals surface area contributed by atoms with E-state index >= 15 is 0 Å². The number of pyridine rings is 1. The Balaban J connectivity index is 1.60. The maximum absolute atomic E-state index is 10.3. The summed E-state index contributed by atoms with van der Waals surface area (Å²) in [5.74, 6) is 1.31. The zero-order valence-electron chi connectivity index (χ0n) is 18.5. The number of thiazole rings is 1. The predicted octanol–water partition coefficient (Wildman–Crippen LogP) is 6.03. The summed E-state index contributed by atoms with van der Waals surface area (Å²) in [5.41, 5.74) is 2.56. The van der Waals surface area contributed by atoms with E-state index in [2.05, 4.69) is 10.3 Å². The molecule has 0 atom stereocenters. The van der Waals surface area contributed by atoms with Gasteiger partial charge in [0.15, 0.2) is 5.13 Å². The Morgan fingerprint density at radius 3 is 2.50 bits per heavy atom. The standard InChI is InChI=1S/C25H26N4O2S/c1-25(2,30)18-11-8-12-19(15-18)27-21-16-20(13-14-26-21)31-23-22(17-9-6-5-7-10-17)28-24(32-23)29(3)4/h5-16,30H,1-4H3,(H,26,27). The lowest BCUT2D eigenvalue weighted by atomic mass is 9.98. The molecule has 2 aromatic heterocycles. The highest BCUT2D eigenvalue weighted by Crippen LogP contribution is 2.41. The van der Waals surface area contributed by atoms with Gasteiger partial charge >= 0.3 is 0 Å². The molecule has 164 valence electrons. The van der Waals surface area contributed by atoms with Gasteiger partial charge in [0, 0.05) is 37.6 Å². The van der Waals surface area contributed by atoms with E-state index in [0.717, 1.165) is 32.7 Å². The quantitative estimate of drug-likeness (QED) is 0.361. The van der Waals surface area contributed by atoms with Crippen molar-refractivity contribution in [3.05, 3.63) is 78.5 Å². The van der Waals surface area contributed by atoms with Crippen molar-refractivity contribution < 1.29 is 9.84 Å². The van der Waals surface area contributed by atoms with E-state index in [4.69, 9.17) is 9.72 Å². The van der Waals surface area contributed by atoms with Crippen LogP contribution in [0.25, 0.3) is 11.3 Å². The first kappa shape index (κ1) is 21.8. The number of nitrogens with one attached hydrogen (secondary N) is 1. The van der Waals surface area contributed by atoms with Gasteiger partial charge in [-0.15, -0.1) is 0 Å².